The van der Waals surface area contributed by atoms with Crippen molar-refractivity contribution in [2.45, 2.75) is 6.54 Å². The molecule has 0 spiro atoms. The average molecular weight is 384 g/mol. The molecule has 1 aromatic carbocycles. The number of hydrogen-bond acceptors (Lipinski definition) is 5. The van der Waals surface area contributed by atoms with Crippen LogP contribution in [0.3, 0.4) is 0 Å². The van der Waals surface area contributed by atoms with Crippen molar-refractivity contribution in [1.29, 1.82) is 5.41 Å². The summed E-state index contributed by atoms with van der Waals surface area (Å²) in [6.07, 6.45) is 0. The van der Waals surface area contributed by atoms with Gasteiger partial charge >= 0.3 is 0 Å². The predicted octanol–water partition coefficient (Wildman–Crippen LogP) is 1.08. The molecule has 8 nitrogen and oxygen atoms in total. The molecular formula is C15H18ClN5O3S. The molecule has 0 amide bonds. The summed E-state index contributed by atoms with van der Waals surface area (Å²) in [5.41, 5.74) is 6.01. The van der Waals surface area contributed by atoms with Gasteiger partial charge in [-0.2, -0.15) is 0 Å². The Morgan fingerprint density at radius 2 is 2.24 bits per heavy atom. The number of aliphatic hydroxyl groups excluding tert-OH is 1. The predicted molar refractivity (Wildman–Crippen MR) is 98.8 cm³/mol. The fraction of sp³-hybridized carbons (Fsp3) is 0.267. The molecule has 2 aromatic rings. The zero-order valence-corrected chi connectivity index (χ0v) is 14.8. The normalized spacial score (nSPS) is 10.5. The molecule has 0 saturated carbocycles. The number of H-pyrrole nitrogens is 1. The van der Waals surface area contributed by atoms with Crippen LogP contribution in [-0.4, -0.2) is 40.4 Å². The van der Waals surface area contributed by atoms with Crippen LogP contribution in [0.1, 0.15) is 0 Å². The van der Waals surface area contributed by atoms with Crippen molar-refractivity contribution in [3.63, 3.8) is 0 Å². The number of guanidine groups is 1. The van der Waals surface area contributed by atoms with Crippen LogP contribution in [0.15, 0.2) is 29.1 Å². The summed E-state index contributed by atoms with van der Waals surface area (Å²) in [4.78, 5) is 14.5. The second-order valence-corrected chi connectivity index (χ2v) is 5.85. The molecule has 25 heavy (non-hydrogen) atoms. The van der Waals surface area contributed by atoms with E-state index in [1.807, 2.05) is 0 Å². The number of halogens is 1. The van der Waals surface area contributed by atoms with Crippen LogP contribution in [0.5, 0.6) is 5.75 Å². The Labute approximate surface area is 153 Å². The van der Waals surface area contributed by atoms with Gasteiger partial charge in [-0.1, -0.05) is 11.6 Å². The number of aliphatic hydroxyl groups is 1. The molecule has 134 valence electrons. The van der Waals surface area contributed by atoms with Crippen LogP contribution < -0.4 is 21.3 Å². The lowest BCUT2D eigenvalue weighted by atomic mass is 10.1. The molecule has 1 heterocycles. The molecule has 0 unspecified atom stereocenters. The van der Waals surface area contributed by atoms with Gasteiger partial charge in [0, 0.05) is 29.7 Å². The van der Waals surface area contributed by atoms with Gasteiger partial charge in [0.05, 0.1) is 12.3 Å². The molecule has 0 aliphatic carbocycles. The molecule has 0 bridgehead atoms. The van der Waals surface area contributed by atoms with E-state index in [0.29, 0.717) is 35.1 Å². The molecule has 0 atom stereocenters. The smallest absolute Gasteiger partial charge is 0.252 e. The third kappa shape index (κ3) is 5.05. The van der Waals surface area contributed by atoms with Gasteiger partial charge in [0.15, 0.2) is 10.7 Å². The number of rotatable bonds is 7. The summed E-state index contributed by atoms with van der Waals surface area (Å²) in [5, 5.41) is 19.4. The zero-order chi connectivity index (χ0) is 18.4. The fourth-order valence-corrected chi connectivity index (χ4v) is 2.71. The third-order valence-electron chi connectivity index (χ3n) is 3.25. The Bertz CT molecular complexity index is 880. The third-order valence-corrected chi connectivity index (χ3v) is 3.81. The largest absolute Gasteiger partial charge is 0.490 e. The first-order valence-electron chi connectivity index (χ1n) is 7.38. The van der Waals surface area contributed by atoms with Crippen molar-refractivity contribution < 1.29 is 9.84 Å². The van der Waals surface area contributed by atoms with Crippen LogP contribution in [0.2, 0.25) is 5.02 Å². The van der Waals surface area contributed by atoms with Gasteiger partial charge in [0.2, 0.25) is 0 Å². The number of ether oxygens (including phenoxy) is 1. The summed E-state index contributed by atoms with van der Waals surface area (Å²) >= 11 is 11.3. The number of hydrogen-bond donors (Lipinski definition) is 5. The molecule has 0 aliphatic heterocycles. The topological polar surface area (TPSA) is 129 Å². The number of nitrogens with one attached hydrogen (secondary N) is 3. The lowest BCUT2D eigenvalue weighted by Crippen LogP contribution is -2.33. The first-order chi connectivity index (χ1) is 11.9. The van der Waals surface area contributed by atoms with E-state index in [-0.39, 0.29) is 29.5 Å². The summed E-state index contributed by atoms with van der Waals surface area (Å²) in [6.45, 7) is 0.656. The Balaban J connectivity index is 2.54. The first-order valence-corrected chi connectivity index (χ1v) is 8.16. The average Bonchev–Trinajstić information content (AvgIpc) is 2.55. The summed E-state index contributed by atoms with van der Waals surface area (Å²) in [6, 6.07) is 6.37. The zero-order valence-electron chi connectivity index (χ0n) is 13.2. The SMILES string of the molecule is N=C(N)NCCn1c(-c2cc(Cl)ccc2OCCO)cc(=O)[nH]c1=S. The number of nitrogens with zero attached hydrogens (tertiary/aromatic N) is 1. The number of aromatic amines is 1. The van der Waals surface area contributed by atoms with Crippen LogP contribution >= 0.6 is 23.8 Å². The molecule has 2 rings (SSSR count). The van der Waals surface area contributed by atoms with Crippen molar-refractivity contribution in [3.05, 3.63) is 44.4 Å². The van der Waals surface area contributed by atoms with E-state index in [9.17, 15) is 4.79 Å². The molecule has 0 fully saturated rings. The summed E-state index contributed by atoms with van der Waals surface area (Å²) < 4.78 is 7.44. The van der Waals surface area contributed by atoms with E-state index in [0.717, 1.165) is 0 Å². The van der Waals surface area contributed by atoms with Gasteiger partial charge in [0.25, 0.3) is 5.56 Å². The minimum absolute atomic E-state index is 0.102. The molecular weight excluding hydrogens is 366 g/mol. The summed E-state index contributed by atoms with van der Waals surface area (Å²) in [5.74, 6) is 0.305. The van der Waals surface area contributed by atoms with Crippen molar-refractivity contribution in [2.75, 3.05) is 19.8 Å². The molecule has 0 saturated heterocycles. The standard InChI is InChI=1S/C15H18ClN5O3S/c16-9-1-2-12(24-6-5-22)10(7-9)11-8-13(23)20-15(25)21(11)4-3-19-14(17)18/h1-2,7-8,22H,3-6H2,(H4,17,18,19)(H,20,23,25). The van der Waals surface area contributed by atoms with E-state index in [1.165, 1.54) is 6.07 Å². The van der Waals surface area contributed by atoms with Crippen molar-refractivity contribution in [3.8, 4) is 17.0 Å². The van der Waals surface area contributed by atoms with Crippen LogP contribution in [0.4, 0.5) is 0 Å². The van der Waals surface area contributed by atoms with Crippen LogP contribution in [0.25, 0.3) is 11.3 Å². The number of benzene rings is 1. The maximum Gasteiger partial charge on any atom is 0.252 e. The van der Waals surface area contributed by atoms with Gasteiger partial charge in [-0.05, 0) is 30.4 Å². The lowest BCUT2D eigenvalue weighted by Gasteiger charge is -2.17. The van der Waals surface area contributed by atoms with E-state index < -0.39 is 0 Å². The van der Waals surface area contributed by atoms with Gasteiger partial charge < -0.3 is 25.5 Å². The van der Waals surface area contributed by atoms with Gasteiger partial charge in [-0.25, -0.2) is 0 Å². The van der Waals surface area contributed by atoms with Crippen molar-refractivity contribution in [2.24, 2.45) is 5.73 Å². The highest BCUT2D eigenvalue weighted by atomic mass is 35.5. The van der Waals surface area contributed by atoms with E-state index in [1.54, 1.807) is 22.8 Å². The van der Waals surface area contributed by atoms with Crippen LogP contribution in [-0.2, 0) is 6.54 Å². The maximum atomic E-state index is 11.9. The van der Waals surface area contributed by atoms with Gasteiger partial charge in [-0.15, -0.1) is 0 Å². The molecule has 0 aliphatic rings. The van der Waals surface area contributed by atoms with Gasteiger partial charge in [0.1, 0.15) is 12.4 Å². The van der Waals surface area contributed by atoms with E-state index in [4.69, 9.17) is 44.8 Å². The van der Waals surface area contributed by atoms with Crippen LogP contribution in [0, 0.1) is 10.2 Å². The van der Waals surface area contributed by atoms with Crippen molar-refractivity contribution >= 4 is 29.8 Å². The quantitative estimate of drug-likeness (QED) is 0.276. The Kier molecular flexibility index (Phi) is 6.57. The lowest BCUT2D eigenvalue weighted by molar-refractivity contribution is 0.202. The first kappa shape index (κ1) is 19.0. The Hall–Kier alpha value is -2.36. The Morgan fingerprint density at radius 3 is 2.92 bits per heavy atom. The highest BCUT2D eigenvalue weighted by molar-refractivity contribution is 7.71. The minimum Gasteiger partial charge on any atom is -0.490 e. The molecule has 0 radical (unpaired) electrons. The number of aromatic nitrogens is 2. The molecule has 1 aromatic heterocycles. The van der Waals surface area contributed by atoms with E-state index in [2.05, 4.69) is 10.3 Å². The fourth-order valence-electron chi connectivity index (χ4n) is 2.25. The second kappa shape index (κ2) is 8.65. The molecule has 10 heteroatoms. The molecule has 6 N–H and O–H groups in total. The van der Waals surface area contributed by atoms with Gasteiger partial charge in [-0.3, -0.25) is 15.2 Å². The second-order valence-electron chi connectivity index (χ2n) is 5.03. The minimum atomic E-state index is -0.358. The number of nitrogens with two attached hydrogens (primary N) is 1. The monoisotopic (exact) mass is 383 g/mol. The Morgan fingerprint density at radius 1 is 1.48 bits per heavy atom. The maximum absolute atomic E-state index is 11.9. The van der Waals surface area contributed by atoms with Crippen molar-refractivity contribution in [1.82, 2.24) is 14.9 Å². The summed E-state index contributed by atoms with van der Waals surface area (Å²) in [7, 11) is 0. The highest BCUT2D eigenvalue weighted by Crippen LogP contribution is 2.32. The highest BCUT2D eigenvalue weighted by Gasteiger charge is 2.13. The van der Waals surface area contributed by atoms with E-state index >= 15 is 0 Å².